The van der Waals surface area contributed by atoms with Crippen molar-refractivity contribution in [2.75, 3.05) is 33.0 Å². The van der Waals surface area contributed by atoms with E-state index in [1.165, 1.54) is 0 Å². The number of hydrogen-bond donors (Lipinski definition) is 3. The number of aromatic nitrogens is 3. The van der Waals surface area contributed by atoms with Crippen LogP contribution in [0.1, 0.15) is 66.1 Å². The number of aryl methyl sites for hydroxylation is 1. The summed E-state index contributed by atoms with van der Waals surface area (Å²) in [6.45, 7) is 5.60. The Morgan fingerprint density at radius 1 is 1.00 bits per heavy atom. The highest BCUT2D eigenvalue weighted by Crippen LogP contribution is 2.47. The summed E-state index contributed by atoms with van der Waals surface area (Å²) in [6, 6.07) is 18.7. The fraction of sp³-hybridized carbons (Fsp3) is 0.382. The van der Waals surface area contributed by atoms with E-state index in [0.717, 1.165) is 39.1 Å². The van der Waals surface area contributed by atoms with Crippen molar-refractivity contribution < 1.29 is 28.7 Å². The molecule has 1 unspecified atom stereocenters. The van der Waals surface area contributed by atoms with Crippen LogP contribution in [0.2, 0.25) is 0 Å². The molecule has 1 aromatic heterocycles. The molecule has 0 saturated heterocycles. The van der Waals surface area contributed by atoms with E-state index < -0.39 is 6.16 Å². The van der Waals surface area contributed by atoms with E-state index in [1.807, 2.05) is 30.3 Å². The topological polar surface area (TPSA) is 160 Å². The number of para-hydroxylation sites is 1. The van der Waals surface area contributed by atoms with Gasteiger partial charge in [-0.05, 0) is 76.4 Å². The van der Waals surface area contributed by atoms with Crippen LogP contribution in [-0.4, -0.2) is 66.2 Å². The average Bonchev–Trinajstić information content (AvgIpc) is 3.60. The Kier molecular flexibility index (Phi) is 10.9. The number of nitrogens with two attached hydrogens (primary N) is 1. The maximum atomic E-state index is 13.3. The lowest BCUT2D eigenvalue weighted by Crippen LogP contribution is -2.28. The molecule has 1 atom stereocenters. The van der Waals surface area contributed by atoms with Gasteiger partial charge < -0.3 is 25.8 Å². The van der Waals surface area contributed by atoms with Gasteiger partial charge in [-0.1, -0.05) is 61.2 Å². The van der Waals surface area contributed by atoms with Crippen molar-refractivity contribution in [1.82, 2.24) is 25.8 Å². The Hall–Kier alpha value is -4.81. The van der Waals surface area contributed by atoms with Gasteiger partial charge in [-0.15, -0.1) is 5.10 Å². The van der Waals surface area contributed by atoms with Gasteiger partial charge in [0.05, 0.1) is 13.3 Å². The maximum Gasteiger partial charge on any atom is 0.535 e. The Morgan fingerprint density at radius 2 is 1.85 bits per heavy atom. The van der Waals surface area contributed by atoms with Crippen molar-refractivity contribution in [3.05, 3.63) is 82.9 Å². The standard InChI is InChI=1S/C34H40N6O6/c1-22(2)15-16-36-31(41)12-5-7-23-13-14-25-27(19-23)28(20-45-34(43)46-40-30-11-4-3-10-29(30)38-39-40)24-8-6-9-26(32(24)25)33(42)37-17-18-44-21-35/h3-4,6,8-11,13-14,19,22,28H,5,7,12,15-18,20-21,35H2,1-2H3,(H,36,41)(H,37,42). The smallest absolute Gasteiger partial charge is 0.432 e. The summed E-state index contributed by atoms with van der Waals surface area (Å²) in [5, 5.41) is 13.8. The summed E-state index contributed by atoms with van der Waals surface area (Å²) in [7, 11) is 0. The first-order valence-corrected chi connectivity index (χ1v) is 15.6. The number of nitrogens with zero attached hydrogens (tertiary/aromatic N) is 3. The van der Waals surface area contributed by atoms with Crippen molar-refractivity contribution in [2.24, 2.45) is 11.7 Å². The summed E-state index contributed by atoms with van der Waals surface area (Å²) in [5.41, 5.74) is 11.5. The average molecular weight is 629 g/mol. The van der Waals surface area contributed by atoms with Crippen LogP contribution in [0.5, 0.6) is 0 Å². The first-order valence-electron chi connectivity index (χ1n) is 15.6. The van der Waals surface area contributed by atoms with Crippen molar-refractivity contribution in [3.63, 3.8) is 0 Å². The van der Waals surface area contributed by atoms with Crippen molar-refractivity contribution in [1.29, 1.82) is 0 Å². The van der Waals surface area contributed by atoms with Crippen molar-refractivity contribution >= 4 is 29.0 Å². The van der Waals surface area contributed by atoms with Gasteiger partial charge in [-0.25, -0.2) is 4.79 Å². The molecule has 2 amide bonds. The zero-order chi connectivity index (χ0) is 32.5. The number of hydrogen-bond acceptors (Lipinski definition) is 9. The van der Waals surface area contributed by atoms with Gasteiger partial charge in [0.1, 0.15) is 17.6 Å². The SMILES string of the molecule is CC(C)CCNC(=O)CCCc1ccc2c(c1)C(COC(=O)On1nnc3ccccc31)c1cccc(C(=O)NCCOCN)c1-2. The molecule has 12 heteroatoms. The van der Waals surface area contributed by atoms with Gasteiger partial charge in [-0.3, -0.25) is 14.4 Å². The second-order valence-corrected chi connectivity index (χ2v) is 11.6. The predicted octanol–water partition coefficient (Wildman–Crippen LogP) is 3.96. The molecule has 46 heavy (non-hydrogen) atoms. The molecule has 0 radical (unpaired) electrons. The number of nitrogens with one attached hydrogen (secondary N) is 2. The minimum absolute atomic E-state index is 0.0252. The Bertz CT molecular complexity index is 1690. The van der Waals surface area contributed by atoms with Crippen molar-refractivity contribution in [3.8, 4) is 11.1 Å². The number of ether oxygens (including phenoxy) is 2. The number of amides is 2. The van der Waals surface area contributed by atoms with E-state index in [1.54, 1.807) is 24.3 Å². The molecule has 0 fully saturated rings. The molecule has 0 aliphatic heterocycles. The fourth-order valence-corrected chi connectivity index (χ4v) is 5.60. The summed E-state index contributed by atoms with van der Waals surface area (Å²) in [4.78, 5) is 44.7. The molecule has 4 N–H and O–H groups in total. The Balaban J connectivity index is 1.33. The summed E-state index contributed by atoms with van der Waals surface area (Å²) >= 11 is 0. The van der Waals surface area contributed by atoms with Gasteiger partial charge in [-0.2, -0.15) is 0 Å². The first-order chi connectivity index (χ1) is 22.4. The van der Waals surface area contributed by atoms with E-state index >= 15 is 0 Å². The summed E-state index contributed by atoms with van der Waals surface area (Å²) in [5.74, 6) is -0.00632. The number of benzene rings is 3. The summed E-state index contributed by atoms with van der Waals surface area (Å²) < 4.78 is 10.8. The van der Waals surface area contributed by atoms with Gasteiger partial charge in [0.15, 0.2) is 0 Å². The molecule has 1 heterocycles. The van der Waals surface area contributed by atoms with Crippen LogP contribution in [0.15, 0.2) is 60.7 Å². The van der Waals surface area contributed by atoms with Crippen molar-refractivity contribution in [2.45, 2.75) is 45.4 Å². The second-order valence-electron chi connectivity index (χ2n) is 11.6. The molecule has 12 nitrogen and oxygen atoms in total. The predicted molar refractivity (Wildman–Crippen MR) is 172 cm³/mol. The molecule has 1 aliphatic rings. The molecule has 4 aromatic rings. The molecular formula is C34H40N6O6. The van der Waals surface area contributed by atoms with Crippen LogP contribution in [0.4, 0.5) is 4.79 Å². The molecule has 0 spiro atoms. The number of carbonyl (C=O) groups excluding carboxylic acids is 3. The van der Waals surface area contributed by atoms with E-state index in [0.29, 0.717) is 61.5 Å². The third-order valence-electron chi connectivity index (χ3n) is 7.89. The largest absolute Gasteiger partial charge is 0.535 e. The third-order valence-corrected chi connectivity index (χ3v) is 7.89. The Labute approximate surface area is 267 Å². The maximum absolute atomic E-state index is 13.3. The van der Waals surface area contributed by atoms with Crippen LogP contribution in [-0.2, 0) is 20.7 Å². The van der Waals surface area contributed by atoms with Crippen LogP contribution in [0.25, 0.3) is 22.2 Å². The number of fused-ring (bicyclic) bond motifs is 4. The molecule has 0 saturated carbocycles. The van der Waals surface area contributed by atoms with Gasteiger partial charge in [0.25, 0.3) is 5.91 Å². The highest BCUT2D eigenvalue weighted by molar-refractivity contribution is 6.03. The van der Waals surface area contributed by atoms with Crippen LogP contribution in [0, 0.1) is 5.92 Å². The third kappa shape index (κ3) is 7.88. The normalized spacial score (nSPS) is 13.3. The summed E-state index contributed by atoms with van der Waals surface area (Å²) in [6.07, 6.45) is 1.84. The van der Waals surface area contributed by atoms with E-state index in [-0.39, 0.29) is 31.1 Å². The lowest BCUT2D eigenvalue weighted by Gasteiger charge is -2.15. The minimum atomic E-state index is -0.931. The highest BCUT2D eigenvalue weighted by atomic mass is 16.8. The zero-order valence-corrected chi connectivity index (χ0v) is 26.2. The molecule has 0 bridgehead atoms. The van der Waals surface area contributed by atoms with Gasteiger partial charge in [0.2, 0.25) is 5.91 Å². The van der Waals surface area contributed by atoms with Gasteiger partial charge >= 0.3 is 6.16 Å². The highest BCUT2D eigenvalue weighted by Gasteiger charge is 2.33. The lowest BCUT2D eigenvalue weighted by molar-refractivity contribution is -0.121. The van der Waals surface area contributed by atoms with E-state index in [4.69, 9.17) is 20.0 Å². The van der Waals surface area contributed by atoms with Gasteiger partial charge in [0, 0.05) is 31.0 Å². The monoisotopic (exact) mass is 628 g/mol. The minimum Gasteiger partial charge on any atom is -0.432 e. The number of carbonyl (C=O) groups is 3. The fourth-order valence-electron chi connectivity index (χ4n) is 5.60. The van der Waals surface area contributed by atoms with Crippen LogP contribution < -0.4 is 21.2 Å². The van der Waals surface area contributed by atoms with Crippen LogP contribution in [0.3, 0.4) is 0 Å². The van der Waals surface area contributed by atoms with E-state index in [9.17, 15) is 14.4 Å². The first kappa shape index (κ1) is 32.6. The molecule has 1 aliphatic carbocycles. The molecule has 3 aromatic carbocycles. The lowest BCUT2D eigenvalue weighted by atomic mass is 9.95. The zero-order valence-electron chi connectivity index (χ0n) is 26.2. The Morgan fingerprint density at radius 3 is 2.67 bits per heavy atom. The van der Waals surface area contributed by atoms with E-state index in [2.05, 4.69) is 40.9 Å². The van der Waals surface area contributed by atoms with Crippen LogP contribution >= 0.6 is 0 Å². The quantitative estimate of drug-likeness (QED) is 0.0767. The second kappa shape index (κ2) is 15.5. The molecular weight excluding hydrogens is 588 g/mol. The molecule has 242 valence electrons. The molecule has 5 rings (SSSR count). The number of rotatable bonds is 15.